The molecule has 0 saturated carbocycles. The molecule has 6 heteroatoms. The van der Waals surface area contributed by atoms with E-state index in [0.717, 1.165) is 37.1 Å². The summed E-state index contributed by atoms with van der Waals surface area (Å²) in [4.78, 5) is 4.57. The normalized spacial score (nSPS) is 12.5. The van der Waals surface area contributed by atoms with Crippen LogP contribution in [0.4, 0.5) is 0 Å². The van der Waals surface area contributed by atoms with Crippen LogP contribution < -0.4 is 0 Å². The second kappa shape index (κ2) is 9.51. The predicted molar refractivity (Wildman–Crippen MR) is 101 cm³/mol. The molecular formula is C18H33N3O2S. The molecule has 1 rings (SSSR count). The van der Waals surface area contributed by atoms with E-state index in [4.69, 9.17) is 0 Å². The zero-order chi connectivity index (χ0) is 18.3. The van der Waals surface area contributed by atoms with Crippen LogP contribution in [0.15, 0.2) is 23.1 Å². The predicted octanol–water partition coefficient (Wildman–Crippen LogP) is 2.20. The number of benzene rings is 1. The van der Waals surface area contributed by atoms with Crippen LogP contribution in [0.3, 0.4) is 0 Å². The summed E-state index contributed by atoms with van der Waals surface area (Å²) in [6.45, 7) is 6.83. The van der Waals surface area contributed by atoms with Crippen molar-refractivity contribution < 1.29 is 8.42 Å². The molecule has 0 aliphatic carbocycles. The highest BCUT2D eigenvalue weighted by Gasteiger charge is 2.24. The van der Waals surface area contributed by atoms with Gasteiger partial charge in [-0.2, -0.15) is 4.31 Å². The maximum atomic E-state index is 13.0. The lowest BCUT2D eigenvalue weighted by Crippen LogP contribution is -2.35. The number of sulfonamides is 1. The maximum absolute atomic E-state index is 13.0. The van der Waals surface area contributed by atoms with Gasteiger partial charge >= 0.3 is 0 Å². The van der Waals surface area contributed by atoms with Gasteiger partial charge in [0, 0.05) is 13.1 Å². The second-order valence-corrected chi connectivity index (χ2v) is 8.90. The highest BCUT2D eigenvalue weighted by atomic mass is 32.2. The maximum Gasteiger partial charge on any atom is 0.243 e. The van der Waals surface area contributed by atoms with E-state index in [2.05, 4.69) is 9.80 Å². The molecule has 0 radical (unpaired) electrons. The molecule has 5 nitrogen and oxygen atoms in total. The van der Waals surface area contributed by atoms with Crippen molar-refractivity contribution in [2.45, 2.75) is 31.6 Å². The first-order valence-electron chi connectivity index (χ1n) is 8.51. The molecule has 0 bridgehead atoms. The minimum atomic E-state index is -3.44. The van der Waals surface area contributed by atoms with Gasteiger partial charge in [-0.1, -0.05) is 6.07 Å². The third kappa shape index (κ3) is 6.51. The van der Waals surface area contributed by atoms with Crippen LogP contribution in [0.25, 0.3) is 0 Å². The van der Waals surface area contributed by atoms with Crippen molar-refractivity contribution in [3.05, 3.63) is 29.3 Å². The van der Waals surface area contributed by atoms with Gasteiger partial charge in [0.1, 0.15) is 0 Å². The van der Waals surface area contributed by atoms with Crippen molar-refractivity contribution in [3.63, 3.8) is 0 Å². The number of nitrogens with zero attached hydrogens (tertiary/aromatic N) is 3. The summed E-state index contributed by atoms with van der Waals surface area (Å²) in [7, 11) is 4.59. The average molecular weight is 356 g/mol. The van der Waals surface area contributed by atoms with Crippen LogP contribution in [0, 0.1) is 13.8 Å². The van der Waals surface area contributed by atoms with Crippen LogP contribution in [0.5, 0.6) is 0 Å². The van der Waals surface area contributed by atoms with Crippen molar-refractivity contribution in [3.8, 4) is 0 Å². The van der Waals surface area contributed by atoms with Crippen molar-refractivity contribution in [2.75, 3.05) is 54.4 Å². The number of aryl methyl sites for hydroxylation is 2. The summed E-state index contributed by atoms with van der Waals surface area (Å²) < 4.78 is 27.7. The minimum Gasteiger partial charge on any atom is -0.309 e. The van der Waals surface area contributed by atoms with Gasteiger partial charge < -0.3 is 9.80 Å². The lowest BCUT2D eigenvalue weighted by molar-refractivity contribution is 0.326. The third-order valence-electron chi connectivity index (χ3n) is 4.14. The van der Waals surface area contributed by atoms with E-state index in [-0.39, 0.29) is 0 Å². The number of hydrogen-bond donors (Lipinski definition) is 0. The molecule has 0 aromatic heterocycles. The lowest BCUT2D eigenvalue weighted by Gasteiger charge is -2.24. The Morgan fingerprint density at radius 1 is 0.792 bits per heavy atom. The molecule has 24 heavy (non-hydrogen) atoms. The van der Waals surface area contributed by atoms with Crippen LogP contribution in [-0.4, -0.2) is 76.9 Å². The molecule has 0 aliphatic rings. The van der Waals surface area contributed by atoms with E-state index in [1.807, 2.05) is 48.1 Å². The molecule has 1 aromatic carbocycles. The molecular weight excluding hydrogens is 322 g/mol. The SMILES string of the molecule is Cc1ccc(S(=O)(=O)N(CCCN(C)C)CCCN(C)C)cc1C. The quantitative estimate of drug-likeness (QED) is 0.645. The molecule has 0 amide bonds. The number of hydrogen-bond acceptors (Lipinski definition) is 4. The molecule has 138 valence electrons. The Morgan fingerprint density at radius 3 is 1.71 bits per heavy atom. The zero-order valence-corrected chi connectivity index (χ0v) is 16.9. The molecule has 1 aromatic rings. The van der Waals surface area contributed by atoms with Gasteiger partial charge in [0.15, 0.2) is 0 Å². The third-order valence-corrected chi connectivity index (χ3v) is 6.04. The molecule has 0 aliphatic heterocycles. The molecule has 0 N–H and O–H groups in total. The van der Waals surface area contributed by atoms with E-state index in [1.54, 1.807) is 16.4 Å². The van der Waals surface area contributed by atoms with Crippen LogP contribution in [-0.2, 0) is 10.0 Å². The smallest absolute Gasteiger partial charge is 0.243 e. The standard InChI is InChI=1S/C18H33N3O2S/c1-16-9-10-18(15-17(16)2)24(22,23)21(13-7-11-19(3)4)14-8-12-20(5)6/h9-10,15H,7-8,11-14H2,1-6H3. The van der Waals surface area contributed by atoms with Gasteiger partial charge in [0.25, 0.3) is 0 Å². The Labute approximate surface area is 148 Å². The first-order chi connectivity index (χ1) is 11.1. The van der Waals surface area contributed by atoms with Crippen LogP contribution >= 0.6 is 0 Å². The van der Waals surface area contributed by atoms with Gasteiger partial charge in [0.05, 0.1) is 4.90 Å². The summed E-state index contributed by atoms with van der Waals surface area (Å²) in [5.41, 5.74) is 2.12. The first kappa shape index (κ1) is 21.1. The van der Waals surface area contributed by atoms with Gasteiger partial charge in [-0.3, -0.25) is 0 Å². The van der Waals surface area contributed by atoms with E-state index in [0.29, 0.717) is 18.0 Å². The van der Waals surface area contributed by atoms with Crippen molar-refractivity contribution in [2.24, 2.45) is 0 Å². The van der Waals surface area contributed by atoms with Crippen molar-refractivity contribution in [1.29, 1.82) is 0 Å². The monoisotopic (exact) mass is 355 g/mol. The molecule has 0 saturated heterocycles. The largest absolute Gasteiger partial charge is 0.309 e. The minimum absolute atomic E-state index is 0.403. The van der Waals surface area contributed by atoms with Gasteiger partial charge in [-0.15, -0.1) is 0 Å². The summed E-state index contributed by atoms with van der Waals surface area (Å²) in [5.74, 6) is 0. The summed E-state index contributed by atoms with van der Waals surface area (Å²) in [6.07, 6.45) is 1.66. The molecule has 0 fully saturated rings. The summed E-state index contributed by atoms with van der Waals surface area (Å²) in [6, 6.07) is 5.40. The Hall–Kier alpha value is -0.950. The topological polar surface area (TPSA) is 43.9 Å². The Bertz CT molecular complexity index is 599. The molecule has 0 unspecified atom stereocenters. The van der Waals surface area contributed by atoms with Crippen molar-refractivity contribution in [1.82, 2.24) is 14.1 Å². The van der Waals surface area contributed by atoms with Gasteiger partial charge in [-0.05, 0) is 91.2 Å². The summed E-state index contributed by atoms with van der Waals surface area (Å²) >= 11 is 0. The fraction of sp³-hybridized carbons (Fsp3) is 0.667. The fourth-order valence-corrected chi connectivity index (χ4v) is 4.10. The summed E-state index contributed by atoms with van der Waals surface area (Å²) in [5, 5.41) is 0. The molecule has 0 spiro atoms. The fourth-order valence-electron chi connectivity index (χ4n) is 2.50. The highest BCUT2D eigenvalue weighted by Crippen LogP contribution is 2.20. The number of rotatable bonds is 10. The lowest BCUT2D eigenvalue weighted by atomic mass is 10.1. The first-order valence-corrected chi connectivity index (χ1v) is 9.95. The van der Waals surface area contributed by atoms with Crippen LogP contribution in [0.2, 0.25) is 0 Å². The van der Waals surface area contributed by atoms with E-state index in [9.17, 15) is 8.42 Å². The Morgan fingerprint density at radius 2 is 1.29 bits per heavy atom. The van der Waals surface area contributed by atoms with E-state index in [1.165, 1.54) is 0 Å². The molecule has 0 atom stereocenters. The van der Waals surface area contributed by atoms with E-state index >= 15 is 0 Å². The Balaban J connectivity index is 2.93. The zero-order valence-electron chi connectivity index (χ0n) is 16.0. The second-order valence-electron chi connectivity index (χ2n) is 6.96. The average Bonchev–Trinajstić information content (AvgIpc) is 2.47. The van der Waals surface area contributed by atoms with Gasteiger partial charge in [0.2, 0.25) is 10.0 Å². The molecule has 0 heterocycles. The highest BCUT2D eigenvalue weighted by molar-refractivity contribution is 7.89. The van der Waals surface area contributed by atoms with Gasteiger partial charge in [-0.25, -0.2) is 8.42 Å². The van der Waals surface area contributed by atoms with Crippen molar-refractivity contribution >= 4 is 10.0 Å². The Kier molecular flexibility index (Phi) is 8.36. The van der Waals surface area contributed by atoms with E-state index < -0.39 is 10.0 Å². The van der Waals surface area contributed by atoms with Crippen LogP contribution in [0.1, 0.15) is 24.0 Å².